The molecule has 0 atom stereocenters. The summed E-state index contributed by atoms with van der Waals surface area (Å²) in [7, 11) is 3.43. The second-order valence-corrected chi connectivity index (χ2v) is 7.27. The van der Waals surface area contributed by atoms with Gasteiger partial charge in [-0.2, -0.15) is 0 Å². The number of benzene rings is 2. The maximum atomic E-state index is 14.3. The molecule has 5 N–H and O–H groups in total. The number of Topliss-reactive ketones (excluding diaryl/α,β-unsaturated/α-hetero) is 1. The molecule has 0 saturated heterocycles. The number of hydrogen-bond donors (Lipinski definition) is 5. The number of carbonyl (C=O) groups is 3. The molecule has 34 heavy (non-hydrogen) atoms. The van der Waals surface area contributed by atoms with Crippen LogP contribution in [0.4, 0.5) is 10.1 Å². The number of nitrogens with zero attached hydrogens (tertiary/aromatic N) is 1. The molecule has 0 heterocycles. The van der Waals surface area contributed by atoms with Gasteiger partial charge in [0.25, 0.3) is 6.47 Å². The van der Waals surface area contributed by atoms with Gasteiger partial charge < -0.3 is 26.0 Å². The number of aliphatic hydroxyl groups excluding tert-OH is 1. The molecule has 0 bridgehead atoms. The van der Waals surface area contributed by atoms with Gasteiger partial charge in [0.2, 0.25) is 0 Å². The number of halogens is 1. The van der Waals surface area contributed by atoms with E-state index in [1.807, 2.05) is 0 Å². The molecule has 180 valence electrons. The normalized spacial score (nSPS) is 15.1. The number of rotatable bonds is 7. The number of carboxylic acids is 1. The number of anilines is 1. The molecule has 0 radical (unpaired) electrons. The number of aromatic carboxylic acids is 1. The van der Waals surface area contributed by atoms with Crippen LogP contribution in [0.2, 0.25) is 0 Å². The Bertz CT molecular complexity index is 1130. The van der Waals surface area contributed by atoms with Crippen LogP contribution in [-0.2, 0) is 22.4 Å². The van der Waals surface area contributed by atoms with Crippen LogP contribution in [0, 0.1) is 5.82 Å². The number of aliphatic hydroxyl groups is 1. The third-order valence-electron chi connectivity index (χ3n) is 5.08. The van der Waals surface area contributed by atoms with E-state index in [9.17, 15) is 19.1 Å². The van der Waals surface area contributed by atoms with Crippen molar-refractivity contribution in [2.24, 2.45) is 4.99 Å². The highest BCUT2D eigenvalue weighted by molar-refractivity contribution is 6.32. The zero-order chi connectivity index (χ0) is 25.3. The number of nitrogens with one attached hydrogen (secondary N) is 2. The lowest BCUT2D eigenvalue weighted by molar-refractivity contribution is -0.123. The Hall–Kier alpha value is -4.05. The maximum Gasteiger partial charge on any atom is 0.335 e. The van der Waals surface area contributed by atoms with E-state index in [4.69, 9.17) is 15.0 Å². The fourth-order valence-electron chi connectivity index (χ4n) is 3.57. The SMILES string of the molecule is CNCCN=C1C(=C(O)Cc2ccc(C(=O)O)cc2)C(=O)Cc2c(NC)cc(F)cc21.O=CO. The highest BCUT2D eigenvalue weighted by Gasteiger charge is 2.32. The highest BCUT2D eigenvalue weighted by Crippen LogP contribution is 2.32. The Labute approximate surface area is 195 Å². The molecule has 2 aromatic carbocycles. The maximum absolute atomic E-state index is 14.3. The highest BCUT2D eigenvalue weighted by atomic mass is 19.1. The quantitative estimate of drug-likeness (QED) is 0.179. The summed E-state index contributed by atoms with van der Waals surface area (Å²) in [4.78, 5) is 36.9. The molecule has 10 heteroatoms. The average Bonchev–Trinajstić information content (AvgIpc) is 2.79. The predicted molar refractivity (Wildman–Crippen MR) is 125 cm³/mol. The van der Waals surface area contributed by atoms with E-state index in [1.54, 1.807) is 26.2 Å². The van der Waals surface area contributed by atoms with E-state index in [0.717, 1.165) is 0 Å². The first-order valence-electron chi connectivity index (χ1n) is 10.3. The van der Waals surface area contributed by atoms with Crippen LogP contribution in [0.3, 0.4) is 0 Å². The van der Waals surface area contributed by atoms with Crippen LogP contribution in [0.1, 0.15) is 27.0 Å². The van der Waals surface area contributed by atoms with Crippen molar-refractivity contribution >= 4 is 29.6 Å². The van der Waals surface area contributed by atoms with Crippen LogP contribution in [0.15, 0.2) is 52.7 Å². The van der Waals surface area contributed by atoms with Crippen LogP contribution in [0.25, 0.3) is 0 Å². The van der Waals surface area contributed by atoms with Gasteiger partial charge in [0, 0.05) is 37.7 Å². The minimum atomic E-state index is -1.05. The molecule has 1 aliphatic carbocycles. The molecular weight excluding hydrogens is 445 g/mol. The number of carbonyl (C=O) groups excluding carboxylic acids is 1. The summed E-state index contributed by atoms with van der Waals surface area (Å²) in [6.45, 7) is 0.639. The van der Waals surface area contributed by atoms with Gasteiger partial charge in [-0.15, -0.1) is 0 Å². The van der Waals surface area contributed by atoms with E-state index >= 15 is 0 Å². The third kappa shape index (κ3) is 6.26. The first kappa shape index (κ1) is 26.2. The van der Waals surface area contributed by atoms with Gasteiger partial charge in [-0.05, 0) is 42.4 Å². The first-order valence-corrected chi connectivity index (χ1v) is 10.3. The standard InChI is InChI=1S/C23H24FN3O4.CH2O2/c1-25-7-8-27-22-17-10-15(24)11-18(26-2)16(17)12-20(29)21(22)19(28)9-13-3-5-14(6-4-13)23(30)31;2-1-3/h3-6,10-11,25-26,28H,7-9,12H2,1-2H3,(H,30,31);1H,(H,2,3). The number of likely N-dealkylation sites (N-methyl/N-ethyl adjacent to an activating group) is 1. The number of hydrogen-bond acceptors (Lipinski definition) is 7. The summed E-state index contributed by atoms with van der Waals surface area (Å²) in [6, 6.07) is 8.69. The van der Waals surface area contributed by atoms with Crippen molar-refractivity contribution in [3.8, 4) is 0 Å². The fourth-order valence-corrected chi connectivity index (χ4v) is 3.57. The summed E-state index contributed by atoms with van der Waals surface area (Å²) < 4.78 is 14.3. The fraction of sp³-hybridized carbons (Fsp3) is 0.250. The summed E-state index contributed by atoms with van der Waals surface area (Å²) in [5, 5.41) is 32.7. The minimum absolute atomic E-state index is 0.00811. The monoisotopic (exact) mass is 471 g/mol. The molecule has 0 spiro atoms. The van der Waals surface area contributed by atoms with Crippen molar-refractivity contribution in [2.75, 3.05) is 32.5 Å². The first-order chi connectivity index (χ1) is 16.3. The van der Waals surface area contributed by atoms with Gasteiger partial charge in [-0.3, -0.25) is 14.6 Å². The lowest BCUT2D eigenvalue weighted by atomic mass is 9.82. The van der Waals surface area contributed by atoms with Crippen LogP contribution >= 0.6 is 0 Å². The van der Waals surface area contributed by atoms with Crippen LogP contribution < -0.4 is 10.6 Å². The van der Waals surface area contributed by atoms with Crippen molar-refractivity contribution in [3.05, 3.63) is 75.8 Å². The van der Waals surface area contributed by atoms with Crippen LogP contribution in [-0.4, -0.2) is 66.4 Å². The van der Waals surface area contributed by atoms with Crippen molar-refractivity contribution in [3.63, 3.8) is 0 Å². The largest absolute Gasteiger partial charge is 0.511 e. The Morgan fingerprint density at radius 3 is 2.38 bits per heavy atom. The lowest BCUT2D eigenvalue weighted by Crippen LogP contribution is -2.28. The van der Waals surface area contributed by atoms with Gasteiger partial charge in [0.15, 0.2) is 5.78 Å². The summed E-state index contributed by atoms with van der Waals surface area (Å²) in [5.41, 5.74) is 2.71. The molecule has 0 aliphatic heterocycles. The van der Waals surface area contributed by atoms with Crippen LogP contribution in [0.5, 0.6) is 0 Å². The summed E-state index contributed by atoms with van der Waals surface area (Å²) in [6.07, 6.45) is 0.0315. The third-order valence-corrected chi connectivity index (χ3v) is 5.08. The molecule has 9 nitrogen and oxygen atoms in total. The molecule has 0 amide bonds. The number of aliphatic imine (C=N–C) groups is 1. The number of fused-ring (bicyclic) bond motifs is 1. The molecule has 0 unspecified atom stereocenters. The topological polar surface area (TPSA) is 148 Å². The Balaban J connectivity index is 0.00000129. The van der Waals surface area contributed by atoms with Gasteiger partial charge >= 0.3 is 5.97 Å². The summed E-state index contributed by atoms with van der Waals surface area (Å²) >= 11 is 0. The molecule has 0 aromatic heterocycles. The van der Waals surface area contributed by atoms with Crippen molar-refractivity contribution in [1.82, 2.24) is 5.32 Å². The van der Waals surface area contributed by atoms with Gasteiger partial charge in [-0.1, -0.05) is 12.1 Å². The van der Waals surface area contributed by atoms with E-state index in [1.165, 1.54) is 24.3 Å². The van der Waals surface area contributed by atoms with Crippen molar-refractivity contribution in [1.29, 1.82) is 0 Å². The smallest absolute Gasteiger partial charge is 0.335 e. The lowest BCUT2D eigenvalue weighted by Gasteiger charge is -2.24. The van der Waals surface area contributed by atoms with Gasteiger partial charge in [0.1, 0.15) is 11.6 Å². The predicted octanol–water partition coefficient (Wildman–Crippen LogP) is 2.45. The zero-order valence-electron chi connectivity index (χ0n) is 18.8. The Morgan fingerprint density at radius 1 is 1.18 bits per heavy atom. The van der Waals surface area contributed by atoms with E-state index in [0.29, 0.717) is 35.5 Å². The van der Waals surface area contributed by atoms with Gasteiger partial charge in [0.05, 0.1) is 23.4 Å². The summed E-state index contributed by atoms with van der Waals surface area (Å²) in [5.74, 6) is -2.01. The number of ketones is 1. The Morgan fingerprint density at radius 2 is 1.82 bits per heavy atom. The zero-order valence-corrected chi connectivity index (χ0v) is 18.8. The second-order valence-electron chi connectivity index (χ2n) is 7.27. The van der Waals surface area contributed by atoms with E-state index in [2.05, 4.69) is 15.6 Å². The van der Waals surface area contributed by atoms with Gasteiger partial charge in [-0.25, -0.2) is 9.18 Å². The number of carboxylic acid groups (broad SMARTS) is 2. The van der Waals surface area contributed by atoms with Crippen molar-refractivity contribution < 1.29 is 34.1 Å². The molecule has 0 fully saturated rings. The van der Waals surface area contributed by atoms with E-state index < -0.39 is 11.8 Å². The Kier molecular flexibility index (Phi) is 9.45. The molecule has 3 rings (SSSR count). The average molecular weight is 471 g/mol. The minimum Gasteiger partial charge on any atom is -0.511 e. The molecule has 1 aliphatic rings. The van der Waals surface area contributed by atoms with E-state index in [-0.39, 0.29) is 47.7 Å². The molecule has 0 saturated carbocycles. The number of allylic oxidation sites excluding steroid dienone is 2. The van der Waals surface area contributed by atoms with Crippen molar-refractivity contribution in [2.45, 2.75) is 12.8 Å². The molecular formula is C24H26FN3O6. The molecule has 2 aromatic rings. The second kappa shape index (κ2) is 12.3.